The molecule has 2 heterocycles. The van der Waals surface area contributed by atoms with Crippen LogP contribution in [0.4, 0.5) is 19.0 Å². The molecule has 0 saturated carbocycles. The third-order valence-electron chi connectivity index (χ3n) is 3.12. The third kappa shape index (κ3) is 2.63. The van der Waals surface area contributed by atoms with Crippen molar-refractivity contribution < 1.29 is 18.0 Å². The second-order valence-electron chi connectivity index (χ2n) is 4.33. The Balaban J connectivity index is 2.22. The smallest absolute Gasteiger partial charge is 0.356 e. The SMILES string of the molecule is O=CC1CCN(c2ncccc2C(F)(F)F)CC1. The van der Waals surface area contributed by atoms with Crippen LogP contribution in [0.15, 0.2) is 18.3 Å². The number of nitrogens with zero attached hydrogens (tertiary/aromatic N) is 2. The first kappa shape index (κ1) is 12.9. The lowest BCUT2D eigenvalue weighted by atomic mass is 9.98. The van der Waals surface area contributed by atoms with Crippen molar-refractivity contribution in [3.8, 4) is 0 Å². The molecule has 0 aliphatic carbocycles. The summed E-state index contributed by atoms with van der Waals surface area (Å²) in [5.74, 6) is -0.0753. The molecule has 0 unspecified atom stereocenters. The molecule has 2 rings (SSSR count). The van der Waals surface area contributed by atoms with Gasteiger partial charge in [0.2, 0.25) is 0 Å². The van der Waals surface area contributed by atoms with Gasteiger partial charge in [0.15, 0.2) is 0 Å². The first-order valence-electron chi connectivity index (χ1n) is 5.75. The highest BCUT2D eigenvalue weighted by molar-refractivity contribution is 5.55. The summed E-state index contributed by atoms with van der Waals surface area (Å²) in [7, 11) is 0. The molecule has 6 heteroatoms. The third-order valence-corrected chi connectivity index (χ3v) is 3.12. The molecule has 0 aromatic carbocycles. The molecule has 98 valence electrons. The number of halogens is 3. The Kier molecular flexibility index (Phi) is 3.54. The van der Waals surface area contributed by atoms with E-state index in [1.807, 2.05) is 0 Å². The molecule has 0 atom stereocenters. The first-order valence-corrected chi connectivity index (χ1v) is 5.75. The number of aromatic nitrogens is 1. The average Bonchev–Trinajstić information content (AvgIpc) is 2.38. The zero-order valence-corrected chi connectivity index (χ0v) is 9.65. The van der Waals surface area contributed by atoms with Gasteiger partial charge >= 0.3 is 6.18 Å². The maximum Gasteiger partial charge on any atom is 0.419 e. The molecule has 0 radical (unpaired) electrons. The molecule has 1 fully saturated rings. The minimum atomic E-state index is -4.40. The van der Waals surface area contributed by atoms with Gasteiger partial charge in [-0.2, -0.15) is 13.2 Å². The molecule has 0 amide bonds. The lowest BCUT2D eigenvalue weighted by Gasteiger charge is -2.32. The van der Waals surface area contributed by atoms with Gasteiger partial charge in [-0.25, -0.2) is 4.98 Å². The van der Waals surface area contributed by atoms with Gasteiger partial charge in [0.05, 0.1) is 5.56 Å². The first-order chi connectivity index (χ1) is 8.52. The Morgan fingerprint density at radius 1 is 1.33 bits per heavy atom. The molecular weight excluding hydrogens is 245 g/mol. The molecule has 1 aliphatic rings. The van der Waals surface area contributed by atoms with Crippen LogP contribution in [0.3, 0.4) is 0 Å². The van der Waals surface area contributed by atoms with Crippen LogP contribution in [-0.4, -0.2) is 24.4 Å². The van der Waals surface area contributed by atoms with Crippen LogP contribution in [0.5, 0.6) is 0 Å². The van der Waals surface area contributed by atoms with Gasteiger partial charge in [0, 0.05) is 25.2 Å². The Morgan fingerprint density at radius 3 is 2.56 bits per heavy atom. The summed E-state index contributed by atoms with van der Waals surface area (Å²) in [4.78, 5) is 16.1. The normalized spacial score (nSPS) is 17.8. The van der Waals surface area contributed by atoms with Crippen molar-refractivity contribution in [3.05, 3.63) is 23.9 Å². The quantitative estimate of drug-likeness (QED) is 0.764. The molecule has 1 saturated heterocycles. The maximum absolute atomic E-state index is 12.8. The van der Waals surface area contributed by atoms with E-state index in [-0.39, 0.29) is 11.7 Å². The molecule has 18 heavy (non-hydrogen) atoms. The van der Waals surface area contributed by atoms with Crippen LogP contribution in [0.25, 0.3) is 0 Å². The summed E-state index contributed by atoms with van der Waals surface area (Å²) in [6, 6.07) is 2.32. The number of anilines is 1. The van der Waals surface area contributed by atoms with Gasteiger partial charge in [-0.15, -0.1) is 0 Å². The summed E-state index contributed by atoms with van der Waals surface area (Å²) in [6.07, 6.45) is -1.00. The fourth-order valence-corrected chi connectivity index (χ4v) is 2.12. The number of rotatable bonds is 2. The monoisotopic (exact) mass is 258 g/mol. The van der Waals surface area contributed by atoms with E-state index in [4.69, 9.17) is 0 Å². The average molecular weight is 258 g/mol. The molecule has 0 bridgehead atoms. The summed E-state index contributed by atoms with van der Waals surface area (Å²) in [6.45, 7) is 0.868. The minimum Gasteiger partial charge on any atom is -0.356 e. The lowest BCUT2D eigenvalue weighted by Crippen LogP contribution is -2.36. The molecule has 0 spiro atoms. The van der Waals surface area contributed by atoms with Crippen molar-refractivity contribution in [1.82, 2.24) is 4.98 Å². The molecule has 1 aliphatic heterocycles. The standard InChI is InChI=1S/C12H13F3N2O/c13-12(14,15)10-2-1-5-16-11(10)17-6-3-9(8-18)4-7-17/h1-2,5,8-9H,3-4,6-7H2. The lowest BCUT2D eigenvalue weighted by molar-refractivity contribution is -0.137. The fourth-order valence-electron chi connectivity index (χ4n) is 2.12. The zero-order chi connectivity index (χ0) is 13.2. The van der Waals surface area contributed by atoms with Crippen molar-refractivity contribution in [1.29, 1.82) is 0 Å². The van der Waals surface area contributed by atoms with E-state index in [0.29, 0.717) is 25.9 Å². The molecule has 1 aromatic heterocycles. The van der Waals surface area contributed by atoms with Crippen molar-refractivity contribution in [2.75, 3.05) is 18.0 Å². The number of carbonyl (C=O) groups is 1. The Morgan fingerprint density at radius 2 is 2.00 bits per heavy atom. The number of hydrogen-bond acceptors (Lipinski definition) is 3. The van der Waals surface area contributed by atoms with E-state index in [1.54, 1.807) is 4.90 Å². The number of carbonyl (C=O) groups excluding carboxylic acids is 1. The van der Waals surface area contributed by atoms with Gasteiger partial charge in [-0.3, -0.25) is 0 Å². The molecule has 3 nitrogen and oxygen atoms in total. The fraction of sp³-hybridized carbons (Fsp3) is 0.500. The summed E-state index contributed by atoms with van der Waals surface area (Å²) < 4.78 is 38.5. The van der Waals surface area contributed by atoms with E-state index in [9.17, 15) is 18.0 Å². The largest absolute Gasteiger partial charge is 0.419 e. The summed E-state index contributed by atoms with van der Waals surface area (Å²) in [5, 5.41) is 0. The Hall–Kier alpha value is -1.59. The van der Waals surface area contributed by atoms with Crippen LogP contribution in [0.1, 0.15) is 18.4 Å². The molecule has 1 aromatic rings. The number of hydrogen-bond donors (Lipinski definition) is 0. The van der Waals surface area contributed by atoms with E-state index >= 15 is 0 Å². The second-order valence-corrected chi connectivity index (χ2v) is 4.33. The van der Waals surface area contributed by atoms with Gasteiger partial charge in [0.1, 0.15) is 12.1 Å². The van der Waals surface area contributed by atoms with E-state index < -0.39 is 11.7 Å². The van der Waals surface area contributed by atoms with Crippen LogP contribution in [0, 0.1) is 5.92 Å². The minimum absolute atomic E-state index is 0.0330. The predicted molar refractivity (Wildman–Crippen MR) is 60.2 cm³/mol. The Bertz CT molecular complexity index is 426. The van der Waals surface area contributed by atoms with E-state index in [2.05, 4.69) is 4.98 Å². The van der Waals surface area contributed by atoms with E-state index in [0.717, 1.165) is 12.4 Å². The predicted octanol–water partition coefficient (Wildman–Crippen LogP) is 2.52. The van der Waals surface area contributed by atoms with Crippen molar-refractivity contribution in [3.63, 3.8) is 0 Å². The zero-order valence-electron chi connectivity index (χ0n) is 9.65. The van der Waals surface area contributed by atoms with Gasteiger partial charge < -0.3 is 9.69 Å². The number of aldehydes is 1. The van der Waals surface area contributed by atoms with Gasteiger partial charge in [0.25, 0.3) is 0 Å². The van der Waals surface area contributed by atoms with E-state index in [1.165, 1.54) is 12.3 Å². The van der Waals surface area contributed by atoms with Crippen LogP contribution in [0.2, 0.25) is 0 Å². The highest BCUT2D eigenvalue weighted by Gasteiger charge is 2.36. The van der Waals surface area contributed by atoms with Crippen LogP contribution >= 0.6 is 0 Å². The topological polar surface area (TPSA) is 33.2 Å². The summed E-state index contributed by atoms with van der Waals surface area (Å²) >= 11 is 0. The van der Waals surface area contributed by atoms with Crippen molar-refractivity contribution in [2.24, 2.45) is 5.92 Å². The van der Waals surface area contributed by atoms with Gasteiger partial charge in [-0.1, -0.05) is 0 Å². The highest BCUT2D eigenvalue weighted by Crippen LogP contribution is 2.36. The van der Waals surface area contributed by atoms with Crippen LogP contribution in [-0.2, 0) is 11.0 Å². The Labute approximate surface area is 103 Å². The van der Waals surface area contributed by atoms with Crippen molar-refractivity contribution >= 4 is 12.1 Å². The van der Waals surface area contributed by atoms with Crippen molar-refractivity contribution in [2.45, 2.75) is 19.0 Å². The summed E-state index contributed by atoms with van der Waals surface area (Å²) in [5.41, 5.74) is -0.713. The highest BCUT2D eigenvalue weighted by atomic mass is 19.4. The molecule has 0 N–H and O–H groups in total. The van der Waals surface area contributed by atoms with Crippen LogP contribution < -0.4 is 4.90 Å². The number of pyridine rings is 1. The van der Waals surface area contributed by atoms with Gasteiger partial charge in [-0.05, 0) is 25.0 Å². The number of alkyl halides is 3. The molecular formula is C12H13F3N2O. The maximum atomic E-state index is 12.8. The number of piperidine rings is 1. The second kappa shape index (κ2) is 4.96.